The predicted octanol–water partition coefficient (Wildman–Crippen LogP) is 1.24. The van der Waals surface area contributed by atoms with Gasteiger partial charge < -0.3 is 10.6 Å². The van der Waals surface area contributed by atoms with Crippen molar-refractivity contribution >= 4 is 58.7 Å². The molecule has 0 bridgehead atoms. The summed E-state index contributed by atoms with van der Waals surface area (Å²) in [5, 5.41) is 14.9. The summed E-state index contributed by atoms with van der Waals surface area (Å²) in [7, 11) is 3.43. The van der Waals surface area contributed by atoms with Crippen molar-refractivity contribution in [2.24, 2.45) is 10.2 Å². The van der Waals surface area contributed by atoms with Crippen molar-refractivity contribution in [3.63, 3.8) is 0 Å². The van der Waals surface area contributed by atoms with Crippen molar-refractivity contribution in [1.82, 2.24) is 21.5 Å². The highest BCUT2D eigenvalue weighted by atomic mass is 32.1. The van der Waals surface area contributed by atoms with Crippen molar-refractivity contribution in [3.8, 4) is 0 Å². The van der Waals surface area contributed by atoms with Crippen LogP contribution < -0.4 is 21.5 Å². The zero-order valence-corrected chi connectivity index (χ0v) is 15.0. The van der Waals surface area contributed by atoms with Gasteiger partial charge >= 0.3 is 0 Å². The van der Waals surface area contributed by atoms with E-state index in [4.69, 9.17) is 24.4 Å². The number of nitrogens with one attached hydrogen (secondary N) is 4. The lowest BCUT2D eigenvalue weighted by atomic mass is 10.1. The van der Waals surface area contributed by atoms with E-state index in [-0.39, 0.29) is 0 Å². The molecule has 1 aromatic carbocycles. The molecule has 0 aromatic heterocycles. The molecule has 0 saturated carbocycles. The van der Waals surface area contributed by atoms with Gasteiger partial charge in [-0.3, -0.25) is 10.9 Å². The smallest absolute Gasteiger partial charge is 0.186 e. The zero-order valence-electron chi connectivity index (χ0n) is 12.5. The first-order valence-corrected chi connectivity index (χ1v) is 7.61. The zero-order chi connectivity index (χ0) is 16.5. The van der Waals surface area contributed by atoms with E-state index in [2.05, 4.69) is 44.3 Å². The summed E-state index contributed by atoms with van der Waals surface area (Å²) in [6.07, 6.45) is 0. The highest BCUT2D eigenvalue weighted by Crippen LogP contribution is 2.09. The number of rotatable bonds is 4. The van der Waals surface area contributed by atoms with Crippen LogP contribution in [0.15, 0.2) is 39.4 Å². The summed E-state index contributed by atoms with van der Waals surface area (Å²) in [5.74, 6) is 0. The fourth-order valence-electron chi connectivity index (χ4n) is 1.38. The third kappa shape index (κ3) is 5.96. The summed E-state index contributed by atoms with van der Waals surface area (Å²) in [4.78, 5) is 0.867. The lowest BCUT2D eigenvalue weighted by Crippen LogP contribution is -2.32. The van der Waals surface area contributed by atoms with Gasteiger partial charge in [0.1, 0.15) is 5.71 Å². The van der Waals surface area contributed by atoms with Gasteiger partial charge in [-0.15, -0.1) is 12.6 Å². The molecule has 1 aromatic rings. The number of benzene rings is 1. The molecule has 0 heterocycles. The minimum Gasteiger partial charge on any atom is -0.364 e. The van der Waals surface area contributed by atoms with Crippen LogP contribution in [0.3, 0.4) is 0 Å². The SMILES string of the molecule is CNC(=S)N/N=C(C)/C(=N/NC(=S)NC)c1ccc(S)cc1. The molecule has 0 amide bonds. The number of nitrogens with zero attached hydrogens (tertiary/aromatic N) is 2. The highest BCUT2D eigenvalue weighted by Gasteiger charge is 2.09. The second-order valence-electron chi connectivity index (χ2n) is 4.09. The summed E-state index contributed by atoms with van der Waals surface area (Å²) < 4.78 is 0. The number of hydrogen-bond donors (Lipinski definition) is 5. The first-order chi connectivity index (χ1) is 10.5. The van der Waals surface area contributed by atoms with E-state index in [0.717, 1.165) is 10.5 Å². The van der Waals surface area contributed by atoms with Gasteiger partial charge in [-0.2, -0.15) is 10.2 Å². The number of hydrazone groups is 2. The lowest BCUT2D eigenvalue weighted by molar-refractivity contribution is 0.966. The Hall–Kier alpha value is -1.71. The Labute approximate surface area is 146 Å². The Balaban J connectivity index is 3.07. The van der Waals surface area contributed by atoms with E-state index in [1.165, 1.54) is 0 Å². The standard InChI is InChI=1S/C13H18N6S3/c1-8(16-18-12(21)14-2)11(17-19-13(22)15-3)9-4-6-10(20)7-5-9/h4-7,20H,1-3H3,(H2,14,18,21)(H2,15,19,22)/b16-8+,17-11-. The molecule has 0 atom stereocenters. The molecule has 0 unspecified atom stereocenters. The van der Waals surface area contributed by atoms with Crippen molar-refractivity contribution in [1.29, 1.82) is 0 Å². The van der Waals surface area contributed by atoms with Crippen LogP contribution in [0.4, 0.5) is 0 Å². The number of thiocarbonyl (C=S) groups is 2. The largest absolute Gasteiger partial charge is 0.364 e. The maximum atomic E-state index is 5.03. The maximum absolute atomic E-state index is 5.03. The van der Waals surface area contributed by atoms with Gasteiger partial charge in [0.15, 0.2) is 10.2 Å². The van der Waals surface area contributed by atoms with Crippen LogP contribution in [-0.2, 0) is 0 Å². The molecule has 0 fully saturated rings. The molecule has 0 spiro atoms. The van der Waals surface area contributed by atoms with Gasteiger partial charge in [-0.1, -0.05) is 12.1 Å². The van der Waals surface area contributed by atoms with Crippen LogP contribution in [0.2, 0.25) is 0 Å². The summed E-state index contributed by atoms with van der Waals surface area (Å²) >= 11 is 14.3. The van der Waals surface area contributed by atoms with Crippen molar-refractivity contribution in [3.05, 3.63) is 29.8 Å². The lowest BCUT2D eigenvalue weighted by Gasteiger charge is -2.09. The van der Waals surface area contributed by atoms with E-state index in [1.807, 2.05) is 31.2 Å². The topological polar surface area (TPSA) is 72.8 Å². The van der Waals surface area contributed by atoms with Crippen molar-refractivity contribution in [2.75, 3.05) is 14.1 Å². The second kappa shape index (κ2) is 9.34. The van der Waals surface area contributed by atoms with Crippen LogP contribution in [0.25, 0.3) is 0 Å². The van der Waals surface area contributed by atoms with Gasteiger partial charge in [-0.05, 0) is 43.5 Å². The molecular formula is C13H18N6S3. The summed E-state index contributed by atoms with van der Waals surface area (Å²) in [6.45, 7) is 1.82. The monoisotopic (exact) mass is 354 g/mol. The summed E-state index contributed by atoms with van der Waals surface area (Å²) in [6, 6.07) is 7.56. The maximum Gasteiger partial charge on any atom is 0.186 e. The van der Waals surface area contributed by atoms with Crippen LogP contribution >= 0.6 is 37.1 Å². The normalized spacial score (nSPS) is 11.6. The number of hydrogen-bond acceptors (Lipinski definition) is 5. The van der Waals surface area contributed by atoms with Crippen LogP contribution in [0.1, 0.15) is 12.5 Å². The Morgan fingerprint density at radius 1 is 0.955 bits per heavy atom. The van der Waals surface area contributed by atoms with E-state index >= 15 is 0 Å². The van der Waals surface area contributed by atoms with Crippen LogP contribution in [0, 0.1) is 0 Å². The van der Waals surface area contributed by atoms with E-state index in [1.54, 1.807) is 14.1 Å². The molecule has 0 aliphatic heterocycles. The molecular weight excluding hydrogens is 336 g/mol. The quantitative estimate of drug-likeness (QED) is 0.243. The predicted molar refractivity (Wildman–Crippen MR) is 103 cm³/mol. The van der Waals surface area contributed by atoms with Gasteiger partial charge in [-0.25, -0.2) is 0 Å². The average Bonchev–Trinajstić information content (AvgIpc) is 2.53. The molecule has 6 nitrogen and oxygen atoms in total. The van der Waals surface area contributed by atoms with Gasteiger partial charge in [0, 0.05) is 24.6 Å². The second-order valence-corrected chi connectivity index (χ2v) is 5.42. The Morgan fingerprint density at radius 2 is 1.45 bits per heavy atom. The van der Waals surface area contributed by atoms with E-state index in [9.17, 15) is 0 Å². The Morgan fingerprint density at radius 3 is 1.95 bits per heavy atom. The fraction of sp³-hybridized carbons (Fsp3) is 0.231. The first-order valence-electron chi connectivity index (χ1n) is 6.35. The van der Waals surface area contributed by atoms with Gasteiger partial charge in [0.25, 0.3) is 0 Å². The minimum atomic E-state index is 0.412. The molecule has 0 saturated heterocycles. The highest BCUT2D eigenvalue weighted by molar-refractivity contribution is 7.80. The van der Waals surface area contributed by atoms with Gasteiger partial charge in [0.05, 0.1) is 5.71 Å². The first kappa shape index (κ1) is 18.3. The van der Waals surface area contributed by atoms with Crippen LogP contribution in [-0.4, -0.2) is 35.7 Å². The molecule has 118 valence electrons. The third-order valence-corrected chi connectivity index (χ3v) is 3.42. The molecule has 0 aliphatic rings. The third-order valence-electron chi connectivity index (χ3n) is 2.53. The Kier molecular flexibility index (Phi) is 7.78. The summed E-state index contributed by atoms with van der Waals surface area (Å²) in [5.41, 5.74) is 7.65. The molecule has 0 aliphatic carbocycles. The van der Waals surface area contributed by atoms with Crippen molar-refractivity contribution in [2.45, 2.75) is 11.8 Å². The fourth-order valence-corrected chi connectivity index (χ4v) is 1.62. The number of thiol groups is 1. The van der Waals surface area contributed by atoms with Gasteiger partial charge in [0.2, 0.25) is 0 Å². The molecule has 4 N–H and O–H groups in total. The molecule has 1 rings (SSSR count). The van der Waals surface area contributed by atoms with Crippen LogP contribution in [0.5, 0.6) is 0 Å². The molecule has 0 radical (unpaired) electrons. The van der Waals surface area contributed by atoms with E-state index in [0.29, 0.717) is 21.6 Å². The molecule has 22 heavy (non-hydrogen) atoms. The minimum absolute atomic E-state index is 0.412. The van der Waals surface area contributed by atoms with E-state index < -0.39 is 0 Å². The Bertz CT molecular complexity index is 594. The molecule has 9 heteroatoms. The van der Waals surface area contributed by atoms with Crippen molar-refractivity contribution < 1.29 is 0 Å². The average molecular weight is 355 g/mol.